The Hall–Kier alpha value is -2.22. The lowest BCUT2D eigenvalue weighted by Gasteiger charge is -2.22. The molecule has 0 saturated heterocycles. The molecule has 0 aliphatic rings. The Morgan fingerprint density at radius 1 is 1.08 bits per heavy atom. The van der Waals surface area contributed by atoms with Crippen molar-refractivity contribution >= 4 is 21.6 Å². The van der Waals surface area contributed by atoms with Gasteiger partial charge in [0.1, 0.15) is 0 Å². The molecule has 0 bridgehead atoms. The summed E-state index contributed by atoms with van der Waals surface area (Å²) < 4.78 is 22.5. The summed E-state index contributed by atoms with van der Waals surface area (Å²) >= 11 is 0. The molecule has 6 nitrogen and oxygen atoms in total. The van der Waals surface area contributed by atoms with Gasteiger partial charge in [0.05, 0.1) is 10.9 Å². The first-order chi connectivity index (χ1) is 12.2. The fourth-order valence-corrected chi connectivity index (χ4v) is 3.12. The Labute approximate surface area is 154 Å². The van der Waals surface area contributed by atoms with E-state index in [1.54, 1.807) is 6.92 Å². The highest BCUT2D eigenvalue weighted by Gasteiger charge is 2.18. The summed E-state index contributed by atoms with van der Waals surface area (Å²) in [4.78, 5) is 12.4. The van der Waals surface area contributed by atoms with Gasteiger partial charge in [0.25, 0.3) is 0 Å². The Morgan fingerprint density at radius 2 is 1.65 bits per heavy atom. The van der Waals surface area contributed by atoms with E-state index in [2.05, 4.69) is 41.8 Å². The van der Waals surface area contributed by atoms with Crippen LogP contribution in [0.2, 0.25) is 0 Å². The van der Waals surface area contributed by atoms with Crippen molar-refractivity contribution < 1.29 is 13.2 Å². The molecular formula is C19H25N3O3S. The maximum atomic E-state index is 12.4. The zero-order valence-corrected chi connectivity index (χ0v) is 16.0. The zero-order chi connectivity index (χ0) is 19.3. The van der Waals surface area contributed by atoms with Crippen LogP contribution in [0.4, 0.5) is 5.69 Å². The van der Waals surface area contributed by atoms with Gasteiger partial charge in [0.15, 0.2) is 0 Å². The van der Waals surface area contributed by atoms with Crippen LogP contribution in [0, 0.1) is 6.92 Å². The average molecular weight is 375 g/mol. The van der Waals surface area contributed by atoms with E-state index in [0.717, 1.165) is 12.0 Å². The Morgan fingerprint density at radius 3 is 2.15 bits per heavy atom. The van der Waals surface area contributed by atoms with Crippen LogP contribution < -0.4 is 15.8 Å². The summed E-state index contributed by atoms with van der Waals surface area (Å²) in [6, 6.07) is 13.6. The quantitative estimate of drug-likeness (QED) is 0.692. The first kappa shape index (κ1) is 20.1. The number of nitrogens with two attached hydrogens (primary N) is 1. The van der Waals surface area contributed by atoms with Crippen LogP contribution in [-0.4, -0.2) is 20.4 Å². The number of rotatable bonds is 7. The zero-order valence-electron chi connectivity index (χ0n) is 15.2. The topological polar surface area (TPSA) is 101 Å². The highest BCUT2D eigenvalue weighted by molar-refractivity contribution is 7.89. The fourth-order valence-electron chi connectivity index (χ4n) is 2.60. The highest BCUT2D eigenvalue weighted by Crippen LogP contribution is 2.18. The maximum Gasteiger partial charge on any atom is 0.241 e. The van der Waals surface area contributed by atoms with Gasteiger partial charge < -0.3 is 5.32 Å². The first-order valence-corrected chi connectivity index (χ1v) is 10.0. The van der Waals surface area contributed by atoms with Gasteiger partial charge in [-0.3, -0.25) is 10.1 Å². The van der Waals surface area contributed by atoms with E-state index >= 15 is 0 Å². The van der Waals surface area contributed by atoms with Crippen LogP contribution in [0.1, 0.15) is 37.4 Å². The summed E-state index contributed by atoms with van der Waals surface area (Å²) in [6.07, 6.45) is 0.851. The molecule has 26 heavy (non-hydrogen) atoms. The molecule has 7 heteroatoms. The van der Waals surface area contributed by atoms with E-state index in [1.165, 1.54) is 29.8 Å². The largest absolute Gasteiger partial charge is 0.325 e. The predicted molar refractivity (Wildman–Crippen MR) is 103 cm³/mol. The molecule has 2 aromatic carbocycles. The minimum Gasteiger partial charge on any atom is -0.325 e. The predicted octanol–water partition coefficient (Wildman–Crippen LogP) is 2.71. The van der Waals surface area contributed by atoms with E-state index in [0.29, 0.717) is 5.69 Å². The van der Waals surface area contributed by atoms with E-state index in [9.17, 15) is 13.2 Å². The molecule has 0 radical (unpaired) electrons. The number of sulfonamides is 1. The van der Waals surface area contributed by atoms with Gasteiger partial charge in [0.2, 0.25) is 15.9 Å². The summed E-state index contributed by atoms with van der Waals surface area (Å²) in [5.74, 6) is -0.195. The second kappa shape index (κ2) is 8.44. The molecule has 0 fully saturated rings. The monoisotopic (exact) mass is 375 g/mol. The van der Waals surface area contributed by atoms with E-state index in [1.807, 2.05) is 6.92 Å². The van der Waals surface area contributed by atoms with Crippen LogP contribution in [0.15, 0.2) is 53.4 Å². The Kier molecular flexibility index (Phi) is 6.52. The molecule has 0 aliphatic heterocycles. The molecule has 2 atom stereocenters. The van der Waals surface area contributed by atoms with Gasteiger partial charge in [-0.05, 0) is 50.1 Å². The lowest BCUT2D eigenvalue weighted by atomic mass is 10.0. The third-order valence-electron chi connectivity index (χ3n) is 4.18. The minimum atomic E-state index is -3.74. The summed E-state index contributed by atoms with van der Waals surface area (Å²) in [6.45, 7) is 5.90. The summed E-state index contributed by atoms with van der Waals surface area (Å²) in [5.41, 5.74) is 2.84. The molecule has 0 saturated carbocycles. The summed E-state index contributed by atoms with van der Waals surface area (Å²) in [7, 11) is -3.74. The number of hydrogen-bond acceptors (Lipinski definition) is 4. The Bertz CT molecular complexity index is 847. The van der Waals surface area contributed by atoms with Gasteiger partial charge >= 0.3 is 0 Å². The second-order valence-corrected chi connectivity index (χ2v) is 7.88. The normalized spacial score (nSPS) is 13.8. The number of hydrogen-bond donors (Lipinski definition) is 3. The van der Waals surface area contributed by atoms with Crippen molar-refractivity contribution in [1.29, 1.82) is 0 Å². The van der Waals surface area contributed by atoms with Crippen molar-refractivity contribution in [2.75, 3.05) is 5.32 Å². The van der Waals surface area contributed by atoms with Crippen LogP contribution in [-0.2, 0) is 14.8 Å². The van der Waals surface area contributed by atoms with Crippen molar-refractivity contribution in [3.63, 3.8) is 0 Å². The standard InChI is InChI=1S/C19H25N3O3S/c1-4-18(15-7-5-13(2)6-8-15)21-14(3)19(23)22-16-9-11-17(12-10-16)26(20,24)25/h5-12,14,18,21H,4H2,1-3H3,(H,22,23)(H2,20,24,25)/t14-,18+/m0/s1. The lowest BCUT2D eigenvalue weighted by Crippen LogP contribution is -2.40. The second-order valence-electron chi connectivity index (χ2n) is 6.32. The number of amides is 1. The smallest absolute Gasteiger partial charge is 0.241 e. The number of carbonyl (C=O) groups excluding carboxylic acids is 1. The minimum absolute atomic E-state index is 0.00657. The molecule has 0 aromatic heterocycles. The molecule has 140 valence electrons. The number of nitrogens with one attached hydrogen (secondary N) is 2. The van der Waals surface area contributed by atoms with Crippen molar-refractivity contribution in [2.24, 2.45) is 5.14 Å². The highest BCUT2D eigenvalue weighted by atomic mass is 32.2. The third kappa shape index (κ3) is 5.39. The maximum absolute atomic E-state index is 12.4. The molecule has 2 rings (SSSR count). The molecule has 0 heterocycles. The molecule has 0 aliphatic carbocycles. The van der Waals surface area contributed by atoms with E-state index in [-0.39, 0.29) is 16.8 Å². The summed E-state index contributed by atoms with van der Waals surface area (Å²) in [5, 5.41) is 11.2. The van der Waals surface area contributed by atoms with E-state index < -0.39 is 16.1 Å². The number of anilines is 1. The van der Waals surface area contributed by atoms with Gasteiger partial charge in [-0.25, -0.2) is 13.6 Å². The fraction of sp³-hybridized carbons (Fsp3) is 0.316. The Balaban J connectivity index is 2.01. The van der Waals surface area contributed by atoms with Crippen LogP contribution in [0.25, 0.3) is 0 Å². The number of benzene rings is 2. The van der Waals surface area contributed by atoms with Gasteiger partial charge in [0, 0.05) is 11.7 Å². The van der Waals surface area contributed by atoms with Crippen LogP contribution in [0.5, 0.6) is 0 Å². The average Bonchev–Trinajstić information content (AvgIpc) is 2.60. The van der Waals surface area contributed by atoms with Crippen molar-refractivity contribution in [2.45, 2.75) is 44.2 Å². The van der Waals surface area contributed by atoms with E-state index in [4.69, 9.17) is 5.14 Å². The molecule has 2 aromatic rings. The van der Waals surface area contributed by atoms with Crippen molar-refractivity contribution in [3.05, 3.63) is 59.7 Å². The number of primary sulfonamides is 1. The molecule has 4 N–H and O–H groups in total. The number of carbonyl (C=O) groups is 1. The molecule has 0 unspecified atom stereocenters. The first-order valence-electron chi connectivity index (χ1n) is 8.47. The van der Waals surface area contributed by atoms with Crippen LogP contribution in [0.3, 0.4) is 0 Å². The van der Waals surface area contributed by atoms with Gasteiger partial charge in [-0.2, -0.15) is 0 Å². The van der Waals surface area contributed by atoms with Crippen molar-refractivity contribution in [1.82, 2.24) is 5.32 Å². The molecule has 1 amide bonds. The third-order valence-corrected chi connectivity index (χ3v) is 5.11. The van der Waals surface area contributed by atoms with Crippen LogP contribution >= 0.6 is 0 Å². The SMILES string of the molecule is CC[C@@H](N[C@@H](C)C(=O)Nc1ccc(S(N)(=O)=O)cc1)c1ccc(C)cc1. The molecular weight excluding hydrogens is 350 g/mol. The van der Waals surface area contributed by atoms with Crippen molar-refractivity contribution in [3.8, 4) is 0 Å². The number of aryl methyl sites for hydroxylation is 1. The lowest BCUT2D eigenvalue weighted by molar-refractivity contribution is -0.118. The van der Waals surface area contributed by atoms with Gasteiger partial charge in [-0.1, -0.05) is 36.8 Å². The van der Waals surface area contributed by atoms with Gasteiger partial charge in [-0.15, -0.1) is 0 Å². The molecule has 0 spiro atoms.